The van der Waals surface area contributed by atoms with Gasteiger partial charge in [0.15, 0.2) is 0 Å². The molecule has 0 aromatic heterocycles. The van der Waals surface area contributed by atoms with Crippen molar-refractivity contribution in [2.24, 2.45) is 35.5 Å². The smallest absolute Gasteiger partial charge is 0.0541 e. The summed E-state index contributed by atoms with van der Waals surface area (Å²) in [6.45, 7) is 10.8. The van der Waals surface area contributed by atoms with Crippen LogP contribution in [-0.2, 0) is 0 Å². The van der Waals surface area contributed by atoms with Crippen LogP contribution in [0.25, 0.3) is 0 Å². The summed E-state index contributed by atoms with van der Waals surface area (Å²) in [6.07, 6.45) is 17.4. The van der Waals surface area contributed by atoms with Crippen molar-refractivity contribution in [2.75, 3.05) is 0 Å². The number of rotatable bonds is 3. The van der Waals surface area contributed by atoms with Crippen molar-refractivity contribution in [2.45, 2.75) is 109 Å². The van der Waals surface area contributed by atoms with Crippen LogP contribution in [0, 0.1) is 35.5 Å². The quantitative estimate of drug-likeness (QED) is 0.463. The third-order valence-electron chi connectivity index (χ3n) is 9.57. The highest BCUT2D eigenvalue weighted by molar-refractivity contribution is 6.80. The van der Waals surface area contributed by atoms with Gasteiger partial charge >= 0.3 is 0 Å². The molecular weight excluding hydrogens is 304 g/mol. The fourth-order valence-corrected chi connectivity index (χ4v) is 13.8. The predicted octanol–water partition coefficient (Wildman–Crippen LogP) is 7.52. The summed E-state index contributed by atoms with van der Waals surface area (Å²) in [7, 11) is -1.14. The van der Waals surface area contributed by atoms with Crippen molar-refractivity contribution in [1.29, 1.82) is 0 Å². The Morgan fingerprint density at radius 3 is 2.00 bits per heavy atom. The maximum absolute atomic E-state index is 2.85. The first-order valence-corrected chi connectivity index (χ1v) is 14.7. The lowest BCUT2D eigenvalue weighted by molar-refractivity contribution is 0.192. The van der Waals surface area contributed by atoms with Crippen LogP contribution in [0.3, 0.4) is 0 Å². The average molecular weight is 347 g/mol. The molecule has 24 heavy (non-hydrogen) atoms. The van der Waals surface area contributed by atoms with Gasteiger partial charge in [0.2, 0.25) is 0 Å². The van der Waals surface area contributed by atoms with Crippen LogP contribution in [0.1, 0.15) is 84.5 Å². The largest absolute Gasteiger partial charge is 0.0689 e. The molecular formula is C23H42Si. The van der Waals surface area contributed by atoms with E-state index in [2.05, 4.69) is 26.9 Å². The SMILES string of the molecule is CC(C)C1CC([Si](C)(C)C2CCC3CCCCC32)C2CCCCC12. The molecule has 0 aromatic rings. The highest BCUT2D eigenvalue weighted by Gasteiger charge is 2.55. The molecule has 4 rings (SSSR count). The van der Waals surface area contributed by atoms with Crippen molar-refractivity contribution in [1.82, 2.24) is 0 Å². The van der Waals surface area contributed by atoms with Gasteiger partial charge < -0.3 is 0 Å². The van der Waals surface area contributed by atoms with Gasteiger partial charge in [0.1, 0.15) is 0 Å². The molecule has 1 heteroatoms. The van der Waals surface area contributed by atoms with Crippen molar-refractivity contribution >= 4 is 8.07 Å². The molecule has 0 aliphatic heterocycles. The van der Waals surface area contributed by atoms with Crippen molar-refractivity contribution < 1.29 is 0 Å². The van der Waals surface area contributed by atoms with Gasteiger partial charge in [-0.3, -0.25) is 0 Å². The van der Waals surface area contributed by atoms with Gasteiger partial charge in [-0.15, -0.1) is 0 Å². The van der Waals surface area contributed by atoms with Gasteiger partial charge in [-0.1, -0.05) is 84.7 Å². The van der Waals surface area contributed by atoms with Gasteiger partial charge in [-0.25, -0.2) is 0 Å². The average Bonchev–Trinajstić information content (AvgIpc) is 3.17. The van der Waals surface area contributed by atoms with Crippen molar-refractivity contribution in [3.05, 3.63) is 0 Å². The lowest BCUT2D eigenvalue weighted by atomic mass is 9.75. The molecule has 0 amide bonds. The minimum atomic E-state index is -1.14. The zero-order chi connectivity index (χ0) is 16.9. The first kappa shape index (κ1) is 17.6. The molecule has 0 bridgehead atoms. The first-order valence-electron chi connectivity index (χ1n) is 11.5. The molecule has 138 valence electrons. The Kier molecular flexibility index (Phi) is 4.95. The number of fused-ring (bicyclic) bond motifs is 2. The molecule has 0 saturated heterocycles. The molecule has 4 aliphatic carbocycles. The minimum absolute atomic E-state index is 0.927. The third-order valence-corrected chi connectivity index (χ3v) is 14.8. The van der Waals surface area contributed by atoms with E-state index < -0.39 is 8.07 Å². The normalized spacial score (nSPS) is 46.1. The molecule has 4 aliphatic rings. The van der Waals surface area contributed by atoms with E-state index in [0.29, 0.717) is 0 Å². The Balaban J connectivity index is 1.56. The van der Waals surface area contributed by atoms with Crippen LogP contribution in [0.5, 0.6) is 0 Å². The molecule has 0 spiro atoms. The summed E-state index contributed by atoms with van der Waals surface area (Å²) in [4.78, 5) is 0. The second-order valence-electron chi connectivity index (χ2n) is 11.1. The topological polar surface area (TPSA) is 0 Å². The second-order valence-corrected chi connectivity index (χ2v) is 16.2. The summed E-state index contributed by atoms with van der Waals surface area (Å²) >= 11 is 0. The van der Waals surface area contributed by atoms with Gasteiger partial charge in [-0.2, -0.15) is 0 Å². The molecule has 7 unspecified atom stereocenters. The summed E-state index contributed by atoms with van der Waals surface area (Å²) in [5.41, 5.74) is 2.35. The predicted molar refractivity (Wildman–Crippen MR) is 108 cm³/mol. The van der Waals surface area contributed by atoms with E-state index in [9.17, 15) is 0 Å². The summed E-state index contributed by atoms with van der Waals surface area (Å²) in [5, 5.41) is 0. The first-order chi connectivity index (χ1) is 11.5. The lowest BCUT2D eigenvalue weighted by Gasteiger charge is -2.45. The highest BCUT2D eigenvalue weighted by Crippen LogP contribution is 2.63. The zero-order valence-electron chi connectivity index (χ0n) is 16.9. The van der Waals surface area contributed by atoms with E-state index in [4.69, 9.17) is 0 Å². The summed E-state index contributed by atoms with van der Waals surface area (Å²) < 4.78 is 0. The van der Waals surface area contributed by atoms with E-state index in [0.717, 1.165) is 35.5 Å². The van der Waals surface area contributed by atoms with E-state index in [1.165, 1.54) is 17.5 Å². The molecule has 0 heterocycles. The Hall–Kier alpha value is 0.217. The maximum Gasteiger partial charge on any atom is 0.0541 e. The lowest BCUT2D eigenvalue weighted by Crippen LogP contribution is -2.43. The van der Waals surface area contributed by atoms with Gasteiger partial charge in [0.05, 0.1) is 8.07 Å². The molecule has 0 aromatic carbocycles. The molecule has 7 atom stereocenters. The van der Waals surface area contributed by atoms with Crippen LogP contribution < -0.4 is 0 Å². The monoisotopic (exact) mass is 346 g/mol. The maximum atomic E-state index is 2.85. The standard InChI is InChI=1S/C23H42Si/c1-16(2)21-15-23(20-12-8-7-11-19(20)21)24(3,4)22-14-13-17-9-5-6-10-18(17)22/h16-23H,5-15H2,1-4H3. The second kappa shape index (κ2) is 6.75. The molecule has 0 radical (unpaired) electrons. The number of hydrogen-bond acceptors (Lipinski definition) is 0. The van der Waals surface area contributed by atoms with E-state index in [1.807, 2.05) is 0 Å². The van der Waals surface area contributed by atoms with Gasteiger partial charge in [-0.05, 0) is 59.4 Å². The minimum Gasteiger partial charge on any atom is -0.0689 e. The van der Waals surface area contributed by atoms with Crippen LogP contribution in [0.15, 0.2) is 0 Å². The Bertz CT molecular complexity index is 439. The fraction of sp³-hybridized carbons (Fsp3) is 1.00. The van der Waals surface area contributed by atoms with Crippen LogP contribution in [0.2, 0.25) is 24.2 Å². The van der Waals surface area contributed by atoms with Crippen molar-refractivity contribution in [3.63, 3.8) is 0 Å². The van der Waals surface area contributed by atoms with Gasteiger partial charge in [0.25, 0.3) is 0 Å². The van der Waals surface area contributed by atoms with Crippen LogP contribution >= 0.6 is 0 Å². The highest BCUT2D eigenvalue weighted by atomic mass is 28.3. The van der Waals surface area contributed by atoms with Crippen LogP contribution in [0.4, 0.5) is 0 Å². The van der Waals surface area contributed by atoms with Crippen LogP contribution in [-0.4, -0.2) is 8.07 Å². The summed E-state index contributed by atoms with van der Waals surface area (Å²) in [6, 6.07) is 0. The van der Waals surface area contributed by atoms with E-state index >= 15 is 0 Å². The Morgan fingerprint density at radius 2 is 1.29 bits per heavy atom. The third kappa shape index (κ3) is 2.85. The van der Waals surface area contributed by atoms with Gasteiger partial charge in [0, 0.05) is 0 Å². The Labute approximate surface area is 152 Å². The molecule has 4 fully saturated rings. The van der Waals surface area contributed by atoms with E-state index in [-0.39, 0.29) is 0 Å². The summed E-state index contributed by atoms with van der Waals surface area (Å²) in [5.74, 6) is 6.53. The van der Waals surface area contributed by atoms with E-state index in [1.54, 1.807) is 64.2 Å². The molecule has 0 N–H and O–H groups in total. The molecule has 4 saturated carbocycles. The number of hydrogen-bond donors (Lipinski definition) is 0. The Morgan fingerprint density at radius 1 is 0.667 bits per heavy atom. The molecule has 0 nitrogen and oxygen atoms in total. The van der Waals surface area contributed by atoms with Crippen molar-refractivity contribution in [3.8, 4) is 0 Å². The fourth-order valence-electron chi connectivity index (χ4n) is 8.42. The zero-order valence-corrected chi connectivity index (χ0v) is 17.9.